The van der Waals surface area contributed by atoms with Gasteiger partial charge in [0.05, 0.1) is 15.9 Å². The molecule has 0 atom stereocenters. The van der Waals surface area contributed by atoms with Crippen molar-refractivity contribution in [2.24, 2.45) is 5.41 Å². The molecule has 144 valence electrons. The van der Waals surface area contributed by atoms with E-state index in [1.165, 1.54) is 6.26 Å². The molecule has 0 saturated heterocycles. The smallest absolute Gasteiger partial charge is 0.175 e. The van der Waals surface area contributed by atoms with Gasteiger partial charge in [0.2, 0.25) is 0 Å². The van der Waals surface area contributed by atoms with Gasteiger partial charge in [-0.15, -0.1) is 0 Å². The van der Waals surface area contributed by atoms with Crippen molar-refractivity contribution in [1.82, 2.24) is 9.55 Å². The van der Waals surface area contributed by atoms with Crippen LogP contribution in [0.2, 0.25) is 5.02 Å². The molecule has 1 heterocycles. The van der Waals surface area contributed by atoms with Crippen LogP contribution in [0.5, 0.6) is 0 Å². The van der Waals surface area contributed by atoms with Crippen molar-refractivity contribution in [3.05, 3.63) is 58.9 Å². The lowest BCUT2D eigenvalue weighted by molar-refractivity contribution is 0.337. The zero-order chi connectivity index (χ0) is 19.8. The predicted octanol–water partition coefficient (Wildman–Crippen LogP) is 5.12. The van der Waals surface area contributed by atoms with E-state index in [1.54, 1.807) is 12.1 Å². The number of aromatic nitrogens is 2. The molecule has 0 bridgehead atoms. The van der Waals surface area contributed by atoms with Gasteiger partial charge in [0.25, 0.3) is 0 Å². The van der Waals surface area contributed by atoms with E-state index in [-0.39, 0.29) is 5.41 Å². The van der Waals surface area contributed by atoms with Crippen LogP contribution in [0.15, 0.2) is 47.4 Å². The second-order valence-corrected chi connectivity index (χ2v) is 10.3. The van der Waals surface area contributed by atoms with Crippen molar-refractivity contribution in [1.29, 1.82) is 0 Å². The zero-order valence-corrected chi connectivity index (χ0v) is 17.7. The summed E-state index contributed by atoms with van der Waals surface area (Å²) in [6.45, 7) is 7.31. The van der Waals surface area contributed by atoms with Crippen molar-refractivity contribution in [2.75, 3.05) is 6.26 Å². The summed E-state index contributed by atoms with van der Waals surface area (Å²) in [5.41, 5.74) is 3.10. The first-order chi connectivity index (χ1) is 12.6. The second kappa shape index (κ2) is 7.28. The Morgan fingerprint density at radius 1 is 1.11 bits per heavy atom. The molecule has 1 aromatic heterocycles. The number of hydrogen-bond donors (Lipinski definition) is 0. The molecule has 0 amide bonds. The molecule has 0 aliphatic heterocycles. The Balaban J connectivity index is 2.03. The number of hydrogen-bond acceptors (Lipinski definition) is 3. The molecule has 0 saturated carbocycles. The van der Waals surface area contributed by atoms with Gasteiger partial charge in [0.1, 0.15) is 5.82 Å². The zero-order valence-electron chi connectivity index (χ0n) is 16.2. The Kier molecular flexibility index (Phi) is 5.37. The molecular weight excluding hydrogens is 380 g/mol. The molecule has 27 heavy (non-hydrogen) atoms. The summed E-state index contributed by atoms with van der Waals surface area (Å²) in [6.07, 6.45) is 3.14. The van der Waals surface area contributed by atoms with Gasteiger partial charge in [0, 0.05) is 24.2 Å². The highest BCUT2D eigenvalue weighted by Gasteiger charge is 2.21. The van der Waals surface area contributed by atoms with Crippen molar-refractivity contribution >= 4 is 32.5 Å². The van der Waals surface area contributed by atoms with Gasteiger partial charge in [-0.1, -0.05) is 50.9 Å². The van der Waals surface area contributed by atoms with Crippen LogP contribution in [0.3, 0.4) is 0 Å². The maximum absolute atomic E-state index is 11.7. The van der Waals surface area contributed by atoms with Crippen LogP contribution >= 0.6 is 11.6 Å². The first-order valence-corrected chi connectivity index (χ1v) is 11.3. The molecule has 0 spiro atoms. The monoisotopic (exact) mass is 404 g/mol. The minimum atomic E-state index is -3.19. The Labute approximate surface area is 166 Å². The summed E-state index contributed by atoms with van der Waals surface area (Å²) in [4.78, 5) is 5.18. The fourth-order valence-electron chi connectivity index (χ4n) is 3.04. The third-order valence-electron chi connectivity index (χ3n) is 5.08. The molecule has 0 radical (unpaired) electrons. The Morgan fingerprint density at radius 3 is 2.37 bits per heavy atom. The minimum absolute atomic E-state index is 0.142. The summed E-state index contributed by atoms with van der Waals surface area (Å²) >= 11 is 6.15. The van der Waals surface area contributed by atoms with E-state index >= 15 is 0 Å². The van der Waals surface area contributed by atoms with Gasteiger partial charge in [-0.3, -0.25) is 0 Å². The SMILES string of the molecule is CCC(C)(C)Cc1nc2cc(Cl)ccc2n1Cc1ccc(S(C)(=O)=O)cc1. The summed E-state index contributed by atoms with van der Waals surface area (Å²) in [7, 11) is -3.19. The van der Waals surface area contributed by atoms with Crippen molar-refractivity contribution in [3.63, 3.8) is 0 Å². The fourth-order valence-corrected chi connectivity index (χ4v) is 3.84. The van der Waals surface area contributed by atoms with Crippen LogP contribution in [0.4, 0.5) is 0 Å². The number of imidazole rings is 1. The fraction of sp³-hybridized carbons (Fsp3) is 0.381. The lowest BCUT2D eigenvalue weighted by Crippen LogP contribution is -2.17. The summed E-state index contributed by atoms with van der Waals surface area (Å²) < 4.78 is 25.6. The van der Waals surface area contributed by atoms with Crippen molar-refractivity contribution < 1.29 is 8.42 Å². The Morgan fingerprint density at radius 2 is 1.78 bits per heavy atom. The van der Waals surface area contributed by atoms with E-state index in [9.17, 15) is 8.42 Å². The molecule has 0 aliphatic rings. The van der Waals surface area contributed by atoms with Gasteiger partial charge in [-0.25, -0.2) is 13.4 Å². The maximum Gasteiger partial charge on any atom is 0.175 e. The highest BCUT2D eigenvalue weighted by atomic mass is 35.5. The molecule has 6 heteroatoms. The molecule has 3 aromatic rings. The van der Waals surface area contributed by atoms with Crippen LogP contribution in [0.25, 0.3) is 11.0 Å². The van der Waals surface area contributed by atoms with E-state index in [4.69, 9.17) is 16.6 Å². The first-order valence-electron chi connectivity index (χ1n) is 9.03. The Hall–Kier alpha value is -1.85. The lowest BCUT2D eigenvalue weighted by atomic mass is 9.86. The highest BCUT2D eigenvalue weighted by molar-refractivity contribution is 7.90. The maximum atomic E-state index is 11.7. The minimum Gasteiger partial charge on any atom is -0.323 e. The number of fused-ring (bicyclic) bond motifs is 1. The summed E-state index contributed by atoms with van der Waals surface area (Å²) in [5.74, 6) is 1.02. The number of benzene rings is 2. The van der Waals surface area contributed by atoms with E-state index in [0.29, 0.717) is 16.5 Å². The lowest BCUT2D eigenvalue weighted by Gasteiger charge is -2.22. The van der Waals surface area contributed by atoms with Crippen LogP contribution in [-0.4, -0.2) is 24.2 Å². The van der Waals surface area contributed by atoms with Crippen molar-refractivity contribution in [2.45, 2.75) is 45.1 Å². The third kappa shape index (κ3) is 4.53. The summed E-state index contributed by atoms with van der Waals surface area (Å²) in [5, 5.41) is 0.672. The summed E-state index contributed by atoms with van der Waals surface area (Å²) in [6, 6.07) is 12.8. The normalized spacial score (nSPS) is 12.6. The van der Waals surface area contributed by atoms with E-state index < -0.39 is 9.84 Å². The topological polar surface area (TPSA) is 52.0 Å². The van der Waals surface area contributed by atoms with Crippen LogP contribution in [0.1, 0.15) is 38.6 Å². The van der Waals surface area contributed by atoms with Gasteiger partial charge >= 0.3 is 0 Å². The van der Waals surface area contributed by atoms with Gasteiger partial charge in [-0.05, 0) is 41.3 Å². The average molecular weight is 405 g/mol. The molecule has 2 aromatic carbocycles. The van der Waals surface area contributed by atoms with Crippen molar-refractivity contribution in [3.8, 4) is 0 Å². The molecule has 0 fully saturated rings. The standard InChI is InChI=1S/C21H25ClN2O2S/c1-5-21(2,3)13-20-23-18-12-16(22)8-11-19(18)24(20)14-15-6-9-17(10-7-15)27(4,25)26/h6-12H,5,13-14H2,1-4H3. The largest absolute Gasteiger partial charge is 0.323 e. The van der Waals surface area contributed by atoms with Gasteiger partial charge in [-0.2, -0.15) is 0 Å². The van der Waals surface area contributed by atoms with Crippen LogP contribution in [0, 0.1) is 5.41 Å². The highest BCUT2D eigenvalue weighted by Crippen LogP contribution is 2.29. The van der Waals surface area contributed by atoms with Crippen LogP contribution < -0.4 is 0 Å². The second-order valence-electron chi connectivity index (χ2n) is 7.86. The molecular formula is C21H25ClN2O2S. The first kappa shape index (κ1) is 19.9. The average Bonchev–Trinajstić information content (AvgIpc) is 2.90. The van der Waals surface area contributed by atoms with E-state index in [2.05, 4.69) is 25.3 Å². The molecule has 4 nitrogen and oxygen atoms in total. The number of halogens is 1. The number of rotatable bonds is 6. The molecule has 0 N–H and O–H groups in total. The van der Waals surface area contributed by atoms with E-state index in [0.717, 1.165) is 35.3 Å². The quantitative estimate of drug-likeness (QED) is 0.572. The number of nitrogens with zero attached hydrogens (tertiary/aromatic N) is 2. The predicted molar refractivity (Wildman–Crippen MR) is 111 cm³/mol. The van der Waals surface area contributed by atoms with E-state index in [1.807, 2.05) is 30.3 Å². The molecule has 0 aliphatic carbocycles. The van der Waals surface area contributed by atoms with Crippen LogP contribution in [-0.2, 0) is 22.8 Å². The number of sulfone groups is 1. The molecule has 0 unspecified atom stereocenters. The molecule has 3 rings (SSSR count). The third-order valence-corrected chi connectivity index (χ3v) is 6.44. The van der Waals surface area contributed by atoms with Gasteiger partial charge in [0.15, 0.2) is 9.84 Å². The van der Waals surface area contributed by atoms with Gasteiger partial charge < -0.3 is 4.57 Å². The Bertz CT molecular complexity index is 1070.